The Balaban J connectivity index is 2.12. The average molecular weight is 357 g/mol. The first-order valence-corrected chi connectivity index (χ1v) is 8.33. The molecule has 1 aliphatic carbocycles. The lowest BCUT2D eigenvalue weighted by molar-refractivity contribution is 0.0697. The second kappa shape index (κ2) is 6.68. The van der Waals surface area contributed by atoms with E-state index < -0.39 is 5.97 Å². The van der Waals surface area contributed by atoms with Crippen molar-refractivity contribution in [2.24, 2.45) is 16.5 Å². The van der Waals surface area contributed by atoms with Crippen LogP contribution in [0, 0.1) is 13.8 Å². The summed E-state index contributed by atoms with van der Waals surface area (Å²) in [6, 6.07) is 4.37. The molecule has 0 radical (unpaired) electrons. The van der Waals surface area contributed by atoms with E-state index in [-0.39, 0.29) is 17.3 Å². The van der Waals surface area contributed by atoms with Crippen molar-refractivity contribution in [1.82, 2.24) is 15.1 Å². The molecule has 0 unspecified atom stereocenters. The second-order valence-electron chi connectivity index (χ2n) is 6.51. The number of aromatic carboxylic acids is 1. The van der Waals surface area contributed by atoms with Crippen LogP contribution in [0.15, 0.2) is 17.1 Å². The van der Waals surface area contributed by atoms with Gasteiger partial charge in [0, 0.05) is 18.2 Å². The summed E-state index contributed by atoms with van der Waals surface area (Å²) in [7, 11) is 0. The topological polar surface area (TPSA) is 158 Å². The Bertz CT molecular complexity index is 893. The summed E-state index contributed by atoms with van der Waals surface area (Å²) >= 11 is 0. The summed E-state index contributed by atoms with van der Waals surface area (Å²) in [4.78, 5) is 15.6. The zero-order valence-corrected chi connectivity index (χ0v) is 14.8. The predicted octanol–water partition coefficient (Wildman–Crippen LogP) is 0.926. The summed E-state index contributed by atoms with van der Waals surface area (Å²) in [5, 5.41) is 17.1. The van der Waals surface area contributed by atoms with Crippen LogP contribution >= 0.6 is 0 Å². The number of benzene rings is 1. The molecular formula is C17H23N7O2. The van der Waals surface area contributed by atoms with Gasteiger partial charge < -0.3 is 27.6 Å². The largest absolute Gasteiger partial charge is 0.477 e. The third-order valence-electron chi connectivity index (χ3n) is 4.37. The van der Waals surface area contributed by atoms with Crippen molar-refractivity contribution >= 4 is 23.4 Å². The first kappa shape index (κ1) is 17.7. The van der Waals surface area contributed by atoms with Crippen molar-refractivity contribution in [3.63, 3.8) is 0 Å². The van der Waals surface area contributed by atoms with Gasteiger partial charge in [0.25, 0.3) is 0 Å². The van der Waals surface area contributed by atoms with Gasteiger partial charge in [0.2, 0.25) is 0 Å². The van der Waals surface area contributed by atoms with Crippen LogP contribution in [0.25, 0.3) is 5.69 Å². The number of carbonyl (C=O) groups is 1. The fraction of sp³-hybridized carbons (Fsp3) is 0.353. The molecule has 9 nitrogen and oxygen atoms in total. The molecule has 0 bridgehead atoms. The van der Waals surface area contributed by atoms with Crippen LogP contribution in [0.4, 0.5) is 11.5 Å². The minimum Gasteiger partial charge on any atom is -0.477 e. The van der Waals surface area contributed by atoms with Crippen molar-refractivity contribution in [1.29, 1.82) is 0 Å². The molecule has 1 aliphatic rings. The molecule has 138 valence electrons. The zero-order chi connectivity index (χ0) is 19.0. The Morgan fingerprint density at radius 3 is 2.62 bits per heavy atom. The summed E-state index contributed by atoms with van der Waals surface area (Å²) < 4.78 is 1.43. The lowest BCUT2D eigenvalue weighted by Gasteiger charge is -2.14. The number of nitrogens with zero attached hydrogens (tertiary/aromatic N) is 3. The second-order valence-corrected chi connectivity index (χ2v) is 6.51. The fourth-order valence-electron chi connectivity index (χ4n) is 2.86. The lowest BCUT2D eigenvalue weighted by atomic mass is 10.1. The number of carboxylic acids is 1. The number of aliphatic imine (C=N–C) groups is 1. The number of aromatic nitrogens is 2. The molecule has 1 aromatic heterocycles. The maximum absolute atomic E-state index is 11.4. The summed E-state index contributed by atoms with van der Waals surface area (Å²) in [5.41, 5.74) is 20.5. The van der Waals surface area contributed by atoms with Gasteiger partial charge in [0.15, 0.2) is 5.96 Å². The van der Waals surface area contributed by atoms with Gasteiger partial charge in [-0.3, -0.25) is 0 Å². The molecule has 1 saturated carbocycles. The average Bonchev–Trinajstić information content (AvgIpc) is 3.32. The van der Waals surface area contributed by atoms with Crippen LogP contribution in [0.1, 0.15) is 40.0 Å². The predicted molar refractivity (Wildman–Crippen MR) is 99.7 cm³/mol. The van der Waals surface area contributed by atoms with Crippen LogP contribution < -0.4 is 22.5 Å². The number of rotatable bonds is 6. The number of carboxylic acid groups (broad SMARTS) is 1. The van der Waals surface area contributed by atoms with Crippen molar-refractivity contribution < 1.29 is 9.90 Å². The van der Waals surface area contributed by atoms with Crippen LogP contribution in [0.5, 0.6) is 0 Å². The molecule has 1 aromatic carbocycles. The highest BCUT2D eigenvalue weighted by Gasteiger charge is 2.23. The highest BCUT2D eigenvalue weighted by atomic mass is 16.4. The Kier molecular flexibility index (Phi) is 4.56. The molecule has 1 fully saturated rings. The minimum absolute atomic E-state index is 0.00528. The van der Waals surface area contributed by atoms with E-state index in [0.29, 0.717) is 29.7 Å². The third-order valence-corrected chi connectivity index (χ3v) is 4.37. The number of anilines is 1. The van der Waals surface area contributed by atoms with Gasteiger partial charge in [0.05, 0.1) is 17.1 Å². The van der Waals surface area contributed by atoms with Crippen LogP contribution in [-0.2, 0) is 6.54 Å². The highest BCUT2D eigenvalue weighted by Crippen LogP contribution is 2.31. The Hall–Kier alpha value is -3.07. The first-order valence-electron chi connectivity index (χ1n) is 8.33. The van der Waals surface area contributed by atoms with E-state index in [4.69, 9.17) is 17.2 Å². The first-order chi connectivity index (χ1) is 12.3. The highest BCUT2D eigenvalue weighted by molar-refractivity contribution is 5.94. The van der Waals surface area contributed by atoms with Gasteiger partial charge in [-0.25, -0.2) is 14.5 Å². The smallest absolute Gasteiger partial charge is 0.341 e. The minimum atomic E-state index is -1.11. The molecule has 9 heteroatoms. The van der Waals surface area contributed by atoms with E-state index in [1.807, 2.05) is 19.1 Å². The Morgan fingerprint density at radius 1 is 1.38 bits per heavy atom. The number of aryl methyl sites for hydroxylation is 1. The lowest BCUT2D eigenvalue weighted by Crippen LogP contribution is -2.22. The van der Waals surface area contributed by atoms with Gasteiger partial charge in [0.1, 0.15) is 11.4 Å². The van der Waals surface area contributed by atoms with E-state index in [2.05, 4.69) is 15.4 Å². The molecule has 0 saturated heterocycles. The maximum Gasteiger partial charge on any atom is 0.341 e. The molecule has 0 amide bonds. The van der Waals surface area contributed by atoms with Crippen molar-refractivity contribution in [2.75, 3.05) is 5.73 Å². The molecular weight excluding hydrogens is 334 g/mol. The molecule has 0 spiro atoms. The summed E-state index contributed by atoms with van der Waals surface area (Å²) in [6.07, 6.45) is 2.35. The third kappa shape index (κ3) is 3.47. The molecule has 0 atom stereocenters. The standard InChI is InChI=1S/C17H23N7O2/c1-8-12(22-17(19)20)5-10(7-21-11-3-4-11)6-13(8)24-15(18)14(16(25)26)9(2)23-24/h5-6,11,21H,3-4,7,18H2,1-2H3,(H,25,26)(H4,19,20,22). The summed E-state index contributed by atoms with van der Waals surface area (Å²) in [5.74, 6) is -1.09. The number of hydrogen-bond donors (Lipinski definition) is 5. The van der Waals surface area contributed by atoms with Crippen molar-refractivity contribution in [2.45, 2.75) is 39.3 Å². The van der Waals surface area contributed by atoms with Gasteiger partial charge >= 0.3 is 5.97 Å². The van der Waals surface area contributed by atoms with E-state index >= 15 is 0 Å². The van der Waals surface area contributed by atoms with Gasteiger partial charge in [-0.05, 0) is 44.4 Å². The molecule has 0 aliphatic heterocycles. The SMILES string of the molecule is Cc1nn(-c2cc(CNC3CC3)cc(N=C(N)N)c2C)c(N)c1C(=O)O. The van der Waals surface area contributed by atoms with E-state index in [1.54, 1.807) is 6.92 Å². The van der Waals surface area contributed by atoms with E-state index in [0.717, 1.165) is 11.1 Å². The van der Waals surface area contributed by atoms with Gasteiger partial charge in [-0.1, -0.05) is 0 Å². The maximum atomic E-state index is 11.4. The Labute approximate surface area is 150 Å². The van der Waals surface area contributed by atoms with Crippen molar-refractivity contribution in [3.05, 3.63) is 34.5 Å². The van der Waals surface area contributed by atoms with E-state index in [1.165, 1.54) is 17.5 Å². The van der Waals surface area contributed by atoms with Crippen molar-refractivity contribution in [3.8, 4) is 5.69 Å². The van der Waals surface area contributed by atoms with E-state index in [9.17, 15) is 9.90 Å². The number of hydrogen-bond acceptors (Lipinski definition) is 5. The van der Waals surface area contributed by atoms with Gasteiger partial charge in [-0.2, -0.15) is 5.10 Å². The van der Waals surface area contributed by atoms with Crippen LogP contribution in [0.2, 0.25) is 0 Å². The quantitative estimate of drug-likeness (QED) is 0.380. The monoisotopic (exact) mass is 357 g/mol. The molecule has 2 aromatic rings. The number of nitrogens with one attached hydrogen (secondary N) is 1. The number of guanidine groups is 1. The zero-order valence-electron chi connectivity index (χ0n) is 14.8. The number of nitrogen functional groups attached to an aromatic ring is 1. The van der Waals surface area contributed by atoms with Crippen LogP contribution in [0.3, 0.4) is 0 Å². The summed E-state index contributed by atoms with van der Waals surface area (Å²) in [6.45, 7) is 4.10. The molecule has 1 heterocycles. The Morgan fingerprint density at radius 2 is 2.08 bits per heavy atom. The molecule has 8 N–H and O–H groups in total. The molecule has 26 heavy (non-hydrogen) atoms. The number of nitrogens with two attached hydrogens (primary N) is 3. The normalized spacial score (nSPS) is 13.6. The van der Waals surface area contributed by atoms with Gasteiger partial charge in [-0.15, -0.1) is 0 Å². The van der Waals surface area contributed by atoms with Crippen LogP contribution in [-0.4, -0.2) is 32.9 Å². The molecule has 3 rings (SSSR count). The fourth-order valence-corrected chi connectivity index (χ4v) is 2.86.